The Morgan fingerprint density at radius 3 is 1.96 bits per heavy atom. The van der Waals surface area contributed by atoms with E-state index in [0.29, 0.717) is 16.4 Å². The van der Waals surface area contributed by atoms with Gasteiger partial charge in [0, 0.05) is 16.4 Å². The Morgan fingerprint density at radius 1 is 0.826 bits per heavy atom. The van der Waals surface area contributed by atoms with Gasteiger partial charge in [0.25, 0.3) is 0 Å². The number of carbonyl (C=O) groups is 2. The molecule has 2 rings (SSSR count). The van der Waals surface area contributed by atoms with Crippen molar-refractivity contribution in [2.24, 2.45) is 0 Å². The average Bonchev–Trinajstić information content (AvgIpc) is 2.45. The Kier molecular flexibility index (Phi) is 5.06. The fourth-order valence-electron chi connectivity index (χ4n) is 2.49. The van der Waals surface area contributed by atoms with Crippen molar-refractivity contribution in [2.45, 2.75) is 27.7 Å². The molecule has 0 aliphatic heterocycles. The fraction of sp³-hybridized carbons (Fsp3) is 0.222. The van der Waals surface area contributed by atoms with Gasteiger partial charge in [0.15, 0.2) is 0 Å². The van der Waals surface area contributed by atoms with Gasteiger partial charge >= 0.3 is 11.8 Å². The summed E-state index contributed by atoms with van der Waals surface area (Å²) in [5, 5.41) is 5.86. The van der Waals surface area contributed by atoms with Crippen molar-refractivity contribution in [1.82, 2.24) is 0 Å². The van der Waals surface area contributed by atoms with Crippen molar-refractivity contribution in [3.05, 3.63) is 57.6 Å². The molecule has 0 unspecified atom stereocenters. The Morgan fingerprint density at radius 2 is 1.39 bits per heavy atom. The molecule has 4 nitrogen and oxygen atoms in total. The summed E-state index contributed by atoms with van der Waals surface area (Å²) in [5.74, 6) is -1.41. The third kappa shape index (κ3) is 4.11. The highest BCUT2D eigenvalue weighted by Gasteiger charge is 2.17. The molecule has 0 spiro atoms. The van der Waals surface area contributed by atoms with E-state index < -0.39 is 11.8 Å². The summed E-state index contributed by atoms with van der Waals surface area (Å²) in [4.78, 5) is 24.2. The lowest BCUT2D eigenvalue weighted by Crippen LogP contribution is -2.29. The minimum atomic E-state index is -0.713. The van der Waals surface area contributed by atoms with Gasteiger partial charge in [-0.3, -0.25) is 9.59 Å². The topological polar surface area (TPSA) is 58.2 Å². The summed E-state index contributed by atoms with van der Waals surface area (Å²) in [5.41, 5.74) is 4.98. The second kappa shape index (κ2) is 6.84. The predicted octanol–water partition coefficient (Wildman–Crippen LogP) is 4.15. The van der Waals surface area contributed by atoms with Crippen LogP contribution in [0, 0.1) is 27.7 Å². The lowest BCUT2D eigenvalue weighted by atomic mass is 10.1. The lowest BCUT2D eigenvalue weighted by Gasteiger charge is -2.13. The number of halogens is 1. The molecule has 23 heavy (non-hydrogen) atoms. The largest absolute Gasteiger partial charge is 0.318 e. The van der Waals surface area contributed by atoms with Crippen LogP contribution in [0.25, 0.3) is 0 Å². The first-order valence-corrected chi connectivity index (χ1v) is 7.62. The second-order valence-electron chi connectivity index (χ2n) is 5.64. The van der Waals surface area contributed by atoms with Crippen molar-refractivity contribution in [2.75, 3.05) is 10.6 Å². The summed E-state index contributed by atoms with van der Waals surface area (Å²) in [6, 6.07) is 8.98. The molecule has 0 radical (unpaired) electrons. The van der Waals surface area contributed by atoms with E-state index in [1.807, 2.05) is 39.8 Å². The molecule has 2 N–H and O–H groups in total. The van der Waals surface area contributed by atoms with E-state index in [0.717, 1.165) is 22.3 Å². The van der Waals surface area contributed by atoms with Crippen molar-refractivity contribution in [3.63, 3.8) is 0 Å². The van der Waals surface area contributed by atoms with E-state index in [1.54, 1.807) is 18.2 Å². The molecular formula is C18H19ClN2O2. The highest BCUT2D eigenvalue weighted by Crippen LogP contribution is 2.22. The summed E-state index contributed by atoms with van der Waals surface area (Å²) in [6.45, 7) is 7.60. The summed E-state index contributed by atoms with van der Waals surface area (Å²) < 4.78 is 0. The number of aryl methyl sites for hydroxylation is 4. The Bertz CT molecular complexity index is 762. The Balaban J connectivity index is 2.13. The maximum Gasteiger partial charge on any atom is 0.314 e. The van der Waals surface area contributed by atoms with Gasteiger partial charge in [-0.1, -0.05) is 29.3 Å². The molecule has 0 aliphatic rings. The van der Waals surface area contributed by atoms with E-state index in [-0.39, 0.29) is 0 Å². The molecule has 0 saturated heterocycles. The van der Waals surface area contributed by atoms with Crippen molar-refractivity contribution in [1.29, 1.82) is 0 Å². The number of amides is 2. The minimum Gasteiger partial charge on any atom is -0.318 e. The summed E-state index contributed by atoms with van der Waals surface area (Å²) in [7, 11) is 0. The van der Waals surface area contributed by atoms with Gasteiger partial charge in [-0.25, -0.2) is 0 Å². The van der Waals surface area contributed by atoms with Gasteiger partial charge in [0.2, 0.25) is 0 Å². The van der Waals surface area contributed by atoms with Gasteiger partial charge in [0.1, 0.15) is 0 Å². The maximum absolute atomic E-state index is 12.1. The average molecular weight is 331 g/mol. The zero-order valence-electron chi connectivity index (χ0n) is 13.6. The van der Waals surface area contributed by atoms with Crippen LogP contribution in [0.5, 0.6) is 0 Å². The van der Waals surface area contributed by atoms with Gasteiger partial charge in [-0.2, -0.15) is 0 Å². The molecule has 0 heterocycles. The van der Waals surface area contributed by atoms with Crippen LogP contribution in [0.1, 0.15) is 22.3 Å². The predicted molar refractivity (Wildman–Crippen MR) is 94.1 cm³/mol. The highest BCUT2D eigenvalue weighted by atomic mass is 35.5. The SMILES string of the molecule is Cc1cc(C)c(NC(=O)C(=O)Nc2ccc(Cl)cc2C)c(C)c1. The number of benzene rings is 2. The zero-order chi connectivity index (χ0) is 17.1. The van der Waals surface area contributed by atoms with Crippen LogP contribution >= 0.6 is 11.6 Å². The normalized spacial score (nSPS) is 10.3. The van der Waals surface area contributed by atoms with Crippen molar-refractivity contribution in [3.8, 4) is 0 Å². The third-order valence-corrected chi connectivity index (χ3v) is 3.79. The van der Waals surface area contributed by atoms with Crippen LogP contribution in [0.4, 0.5) is 11.4 Å². The van der Waals surface area contributed by atoms with Crippen LogP contribution in [-0.4, -0.2) is 11.8 Å². The third-order valence-electron chi connectivity index (χ3n) is 3.56. The molecule has 0 bridgehead atoms. The van der Waals surface area contributed by atoms with Gasteiger partial charge in [-0.05, 0) is 62.6 Å². The molecular weight excluding hydrogens is 312 g/mol. The van der Waals surface area contributed by atoms with Crippen LogP contribution in [-0.2, 0) is 9.59 Å². The lowest BCUT2D eigenvalue weighted by molar-refractivity contribution is -0.133. The molecule has 0 aromatic heterocycles. The molecule has 0 atom stereocenters. The smallest absolute Gasteiger partial charge is 0.314 e. The number of carbonyl (C=O) groups excluding carboxylic acids is 2. The molecule has 120 valence electrons. The highest BCUT2D eigenvalue weighted by molar-refractivity contribution is 6.44. The van der Waals surface area contributed by atoms with Crippen LogP contribution in [0.3, 0.4) is 0 Å². The fourth-order valence-corrected chi connectivity index (χ4v) is 2.72. The first-order valence-electron chi connectivity index (χ1n) is 7.24. The molecule has 2 aromatic carbocycles. The van der Waals surface area contributed by atoms with Crippen LogP contribution in [0.2, 0.25) is 5.02 Å². The molecule has 2 aromatic rings. The molecule has 0 fully saturated rings. The van der Waals surface area contributed by atoms with Gasteiger partial charge in [-0.15, -0.1) is 0 Å². The summed E-state index contributed by atoms with van der Waals surface area (Å²) >= 11 is 5.88. The van der Waals surface area contributed by atoms with E-state index in [4.69, 9.17) is 11.6 Å². The first kappa shape index (κ1) is 17.0. The van der Waals surface area contributed by atoms with Crippen molar-refractivity contribution >= 4 is 34.8 Å². The van der Waals surface area contributed by atoms with E-state index in [9.17, 15) is 9.59 Å². The van der Waals surface area contributed by atoms with Gasteiger partial charge < -0.3 is 10.6 Å². The monoisotopic (exact) mass is 330 g/mol. The molecule has 0 saturated carbocycles. The van der Waals surface area contributed by atoms with Crippen molar-refractivity contribution < 1.29 is 9.59 Å². The molecule has 0 aliphatic carbocycles. The maximum atomic E-state index is 12.1. The minimum absolute atomic E-state index is 0.562. The van der Waals surface area contributed by atoms with Crippen LogP contribution < -0.4 is 10.6 Å². The van der Waals surface area contributed by atoms with Gasteiger partial charge in [0.05, 0.1) is 0 Å². The number of anilines is 2. The Hall–Kier alpha value is -2.33. The quantitative estimate of drug-likeness (QED) is 0.813. The van der Waals surface area contributed by atoms with E-state index in [2.05, 4.69) is 10.6 Å². The van der Waals surface area contributed by atoms with E-state index in [1.165, 1.54) is 0 Å². The molecule has 2 amide bonds. The number of nitrogens with one attached hydrogen (secondary N) is 2. The molecule has 5 heteroatoms. The summed E-state index contributed by atoms with van der Waals surface area (Å²) in [6.07, 6.45) is 0. The number of hydrogen-bond acceptors (Lipinski definition) is 2. The van der Waals surface area contributed by atoms with E-state index >= 15 is 0 Å². The number of rotatable bonds is 2. The first-order chi connectivity index (χ1) is 10.8. The van der Waals surface area contributed by atoms with Crippen LogP contribution in [0.15, 0.2) is 30.3 Å². The standard InChI is InChI=1S/C18H19ClN2O2/c1-10-7-12(3)16(13(4)8-10)21-18(23)17(22)20-15-6-5-14(19)9-11(15)2/h5-9H,1-4H3,(H,20,22)(H,21,23). The zero-order valence-corrected chi connectivity index (χ0v) is 14.3. The Labute approximate surface area is 140 Å². The second-order valence-corrected chi connectivity index (χ2v) is 6.08. The number of hydrogen-bond donors (Lipinski definition) is 2.